The third-order valence-corrected chi connectivity index (χ3v) is 3.51. The quantitative estimate of drug-likeness (QED) is 0.943. The van der Waals surface area contributed by atoms with Crippen LogP contribution in [0.4, 0.5) is 0 Å². The van der Waals surface area contributed by atoms with Gasteiger partial charge in [-0.1, -0.05) is 32.9 Å². The number of amides is 1. The summed E-state index contributed by atoms with van der Waals surface area (Å²) in [7, 11) is 0. The summed E-state index contributed by atoms with van der Waals surface area (Å²) < 4.78 is 1.57. The molecule has 0 aliphatic carbocycles. The molecule has 0 spiro atoms. The van der Waals surface area contributed by atoms with Crippen molar-refractivity contribution in [2.75, 3.05) is 0 Å². The van der Waals surface area contributed by atoms with Crippen LogP contribution < -0.4 is 10.7 Å². The molecule has 1 N–H and O–H groups in total. The van der Waals surface area contributed by atoms with Gasteiger partial charge in [-0.2, -0.15) is 5.10 Å². The second-order valence-electron chi connectivity index (χ2n) is 7.85. The van der Waals surface area contributed by atoms with Crippen LogP contribution in [0.25, 0.3) is 10.9 Å². The number of nitrogens with one attached hydrogen (secondary N) is 1. The molecular weight excluding hydrogens is 290 g/mol. The minimum atomic E-state index is -0.301. The highest BCUT2D eigenvalue weighted by Crippen LogP contribution is 2.26. The summed E-state index contributed by atoms with van der Waals surface area (Å²) in [5.74, 6) is -0.111. The standard InChI is InChI=1S/C18H25N3O2/c1-17(2,3)12-18(4,5)20-16(23)11-21-14-9-7-6-8-13(14)15(22)10-19-21/h6-10H,11-12H2,1-5H3,(H,20,23). The van der Waals surface area contributed by atoms with Gasteiger partial charge in [0.25, 0.3) is 0 Å². The predicted molar refractivity (Wildman–Crippen MR) is 92.3 cm³/mol. The minimum Gasteiger partial charge on any atom is -0.350 e. The lowest BCUT2D eigenvalue weighted by molar-refractivity contribution is -0.123. The third kappa shape index (κ3) is 4.65. The van der Waals surface area contributed by atoms with Crippen LogP contribution in [-0.2, 0) is 11.3 Å². The monoisotopic (exact) mass is 315 g/mol. The summed E-state index contributed by atoms with van der Waals surface area (Å²) in [5, 5.41) is 7.73. The lowest BCUT2D eigenvalue weighted by atomic mass is 9.82. The van der Waals surface area contributed by atoms with E-state index in [2.05, 4.69) is 31.2 Å². The first kappa shape index (κ1) is 17.2. The van der Waals surface area contributed by atoms with Gasteiger partial charge in [-0.25, -0.2) is 0 Å². The van der Waals surface area contributed by atoms with Crippen LogP contribution in [0.5, 0.6) is 0 Å². The van der Waals surface area contributed by atoms with Gasteiger partial charge >= 0.3 is 0 Å². The van der Waals surface area contributed by atoms with Crippen LogP contribution in [0.3, 0.4) is 0 Å². The zero-order valence-corrected chi connectivity index (χ0v) is 14.5. The van der Waals surface area contributed by atoms with Crippen molar-refractivity contribution < 1.29 is 4.79 Å². The number of hydrogen-bond donors (Lipinski definition) is 1. The van der Waals surface area contributed by atoms with E-state index in [0.29, 0.717) is 10.9 Å². The van der Waals surface area contributed by atoms with E-state index in [-0.39, 0.29) is 28.8 Å². The molecule has 124 valence electrons. The average Bonchev–Trinajstić information content (AvgIpc) is 2.39. The maximum Gasteiger partial charge on any atom is 0.242 e. The normalized spacial score (nSPS) is 12.4. The number of benzene rings is 1. The molecule has 1 aromatic carbocycles. The van der Waals surface area contributed by atoms with Crippen LogP contribution in [0.15, 0.2) is 35.3 Å². The van der Waals surface area contributed by atoms with E-state index in [0.717, 1.165) is 6.42 Å². The Kier molecular flexibility index (Phi) is 4.59. The van der Waals surface area contributed by atoms with Crippen LogP contribution in [0, 0.1) is 5.41 Å². The second-order valence-corrected chi connectivity index (χ2v) is 7.85. The zero-order chi connectivity index (χ0) is 17.3. The minimum absolute atomic E-state index is 0.0916. The summed E-state index contributed by atoms with van der Waals surface area (Å²) in [5.41, 5.74) is 0.359. The first-order chi connectivity index (χ1) is 10.6. The first-order valence-corrected chi connectivity index (χ1v) is 7.83. The first-order valence-electron chi connectivity index (χ1n) is 7.83. The SMILES string of the molecule is CC(C)(C)CC(C)(C)NC(=O)Cn1ncc(=O)c2ccccc21. The molecule has 0 saturated heterocycles. The number of carbonyl (C=O) groups is 1. The molecule has 0 unspecified atom stereocenters. The Labute approximate surface area is 136 Å². The molecule has 2 aromatic rings. The summed E-state index contributed by atoms with van der Waals surface area (Å²) in [6.45, 7) is 10.6. The molecule has 0 radical (unpaired) electrons. The molecule has 0 fully saturated rings. The van der Waals surface area contributed by atoms with Crippen molar-refractivity contribution in [1.29, 1.82) is 0 Å². The van der Waals surface area contributed by atoms with Crippen LogP contribution >= 0.6 is 0 Å². The van der Waals surface area contributed by atoms with Gasteiger partial charge in [0.1, 0.15) is 6.54 Å². The molecule has 0 aliphatic heterocycles. The Bertz CT molecular complexity index is 770. The van der Waals surface area contributed by atoms with Gasteiger partial charge in [0.2, 0.25) is 11.3 Å². The fourth-order valence-electron chi connectivity index (χ4n) is 3.21. The summed E-state index contributed by atoms with van der Waals surface area (Å²) in [4.78, 5) is 24.2. The van der Waals surface area contributed by atoms with Gasteiger partial charge in [-0.05, 0) is 37.8 Å². The smallest absolute Gasteiger partial charge is 0.242 e. The molecule has 0 aliphatic rings. The van der Waals surface area contributed by atoms with E-state index in [9.17, 15) is 9.59 Å². The van der Waals surface area contributed by atoms with Crippen molar-refractivity contribution in [3.63, 3.8) is 0 Å². The molecule has 0 saturated carbocycles. The Morgan fingerprint density at radius 3 is 2.48 bits per heavy atom. The maximum atomic E-state index is 12.4. The fourth-order valence-corrected chi connectivity index (χ4v) is 3.21. The van der Waals surface area contributed by atoms with E-state index >= 15 is 0 Å². The van der Waals surface area contributed by atoms with Gasteiger partial charge in [-0.3, -0.25) is 14.3 Å². The van der Waals surface area contributed by atoms with Crippen LogP contribution in [0.1, 0.15) is 41.0 Å². The molecule has 1 aromatic heterocycles. The maximum absolute atomic E-state index is 12.4. The molecule has 0 bridgehead atoms. The molecule has 5 heteroatoms. The second kappa shape index (κ2) is 6.14. The van der Waals surface area contributed by atoms with Crippen LogP contribution in [0.2, 0.25) is 0 Å². The fraction of sp³-hybridized carbons (Fsp3) is 0.500. The molecule has 2 rings (SSSR count). The Morgan fingerprint density at radius 1 is 1.17 bits per heavy atom. The average molecular weight is 315 g/mol. The number of para-hydroxylation sites is 1. The van der Waals surface area contributed by atoms with Crippen molar-refractivity contribution >= 4 is 16.8 Å². The van der Waals surface area contributed by atoms with E-state index in [1.54, 1.807) is 22.9 Å². The molecule has 0 atom stereocenters. The zero-order valence-electron chi connectivity index (χ0n) is 14.5. The highest BCUT2D eigenvalue weighted by atomic mass is 16.2. The van der Waals surface area contributed by atoms with Crippen LogP contribution in [-0.4, -0.2) is 21.2 Å². The lowest BCUT2D eigenvalue weighted by Crippen LogP contribution is -2.47. The van der Waals surface area contributed by atoms with Crippen molar-refractivity contribution in [1.82, 2.24) is 15.1 Å². The Balaban J connectivity index is 2.18. The molecule has 23 heavy (non-hydrogen) atoms. The van der Waals surface area contributed by atoms with Gasteiger partial charge in [0.15, 0.2) is 0 Å². The van der Waals surface area contributed by atoms with E-state index in [1.807, 2.05) is 19.9 Å². The van der Waals surface area contributed by atoms with Gasteiger partial charge in [0.05, 0.1) is 11.7 Å². The Hall–Kier alpha value is -2.17. The highest BCUT2D eigenvalue weighted by Gasteiger charge is 2.27. The topological polar surface area (TPSA) is 64.0 Å². The number of fused-ring (bicyclic) bond motifs is 1. The molecule has 1 heterocycles. The molecular formula is C18H25N3O2. The number of rotatable bonds is 4. The summed E-state index contributed by atoms with van der Waals surface area (Å²) in [6.07, 6.45) is 2.12. The van der Waals surface area contributed by atoms with E-state index in [1.165, 1.54) is 6.20 Å². The largest absolute Gasteiger partial charge is 0.350 e. The van der Waals surface area contributed by atoms with E-state index in [4.69, 9.17) is 0 Å². The lowest BCUT2D eigenvalue weighted by Gasteiger charge is -2.33. The Morgan fingerprint density at radius 2 is 1.83 bits per heavy atom. The molecule has 1 amide bonds. The number of hydrogen-bond acceptors (Lipinski definition) is 3. The number of aromatic nitrogens is 2. The van der Waals surface area contributed by atoms with Gasteiger partial charge in [0, 0.05) is 10.9 Å². The van der Waals surface area contributed by atoms with Gasteiger partial charge < -0.3 is 5.32 Å². The third-order valence-electron chi connectivity index (χ3n) is 3.51. The molecule has 5 nitrogen and oxygen atoms in total. The van der Waals surface area contributed by atoms with Crippen molar-refractivity contribution in [3.05, 3.63) is 40.7 Å². The van der Waals surface area contributed by atoms with Gasteiger partial charge in [-0.15, -0.1) is 0 Å². The van der Waals surface area contributed by atoms with Crippen molar-refractivity contribution in [2.24, 2.45) is 5.41 Å². The summed E-state index contributed by atoms with van der Waals surface area (Å²) >= 11 is 0. The van der Waals surface area contributed by atoms with Crippen molar-refractivity contribution in [3.8, 4) is 0 Å². The summed E-state index contributed by atoms with van der Waals surface area (Å²) in [6, 6.07) is 7.19. The van der Waals surface area contributed by atoms with Crippen molar-refractivity contribution in [2.45, 2.75) is 53.1 Å². The number of carbonyl (C=O) groups excluding carboxylic acids is 1. The van der Waals surface area contributed by atoms with E-state index < -0.39 is 0 Å². The predicted octanol–water partition coefficient (Wildman–Crippen LogP) is 2.73. The number of nitrogens with zero attached hydrogens (tertiary/aromatic N) is 2. The highest BCUT2D eigenvalue weighted by molar-refractivity contribution is 5.81.